The third-order valence-corrected chi connectivity index (χ3v) is 2.19. The van der Waals surface area contributed by atoms with E-state index in [1.165, 1.54) is 12.1 Å². The molecule has 0 aromatic heterocycles. The molecule has 0 saturated carbocycles. The molecule has 15 heavy (non-hydrogen) atoms. The summed E-state index contributed by atoms with van der Waals surface area (Å²) in [6.45, 7) is 0. The average molecular weight is 250 g/mol. The zero-order valence-corrected chi connectivity index (χ0v) is 9.01. The molecule has 6 nitrogen and oxygen atoms in total. The maximum Gasteiger partial charge on any atom is 0.322 e. The highest BCUT2D eigenvalue weighted by Crippen LogP contribution is 2.26. The summed E-state index contributed by atoms with van der Waals surface area (Å²) in [7, 11) is 0. The van der Waals surface area contributed by atoms with Crippen LogP contribution in [0.5, 0.6) is 0 Å². The monoisotopic (exact) mass is 249 g/mol. The Morgan fingerprint density at radius 3 is 2.60 bits per heavy atom. The third-order valence-electron chi connectivity index (χ3n) is 1.32. The fourth-order valence-corrected chi connectivity index (χ4v) is 1.40. The summed E-state index contributed by atoms with van der Waals surface area (Å²) < 4.78 is 2.21. The maximum absolute atomic E-state index is 10.5. The lowest BCUT2D eigenvalue weighted by molar-refractivity contribution is -0.387. The molecular formula is C7H8ClN3O3S. The summed E-state index contributed by atoms with van der Waals surface area (Å²) in [5.74, 6) is 0. The molecule has 0 aliphatic rings. The molecule has 82 valence electrons. The molecule has 0 unspecified atom stereocenters. The molecule has 0 fully saturated rings. The first-order chi connectivity index (χ1) is 6.61. The highest BCUT2D eigenvalue weighted by Gasteiger charge is 2.12. The van der Waals surface area contributed by atoms with E-state index in [0.29, 0.717) is 4.90 Å². The van der Waals surface area contributed by atoms with Crippen molar-refractivity contribution < 1.29 is 9.72 Å². The van der Waals surface area contributed by atoms with Gasteiger partial charge in [0.2, 0.25) is 0 Å². The molecule has 0 saturated heterocycles. The van der Waals surface area contributed by atoms with E-state index in [1.807, 2.05) is 0 Å². The van der Waals surface area contributed by atoms with Crippen molar-refractivity contribution >= 4 is 36.1 Å². The Labute approximate surface area is 95.9 Å². The standard InChI is InChI=1S/C7H7N3O3S.ClH/c8-7(11)9-14-6-4-2-1-3-5(6)10(12)13;/h1-4H,(H3,8,9,11);1H. The van der Waals surface area contributed by atoms with Gasteiger partial charge in [0.15, 0.2) is 0 Å². The number of carbonyl (C=O) groups excluding carboxylic acids is 1. The van der Waals surface area contributed by atoms with Gasteiger partial charge in [-0.25, -0.2) is 4.79 Å². The number of benzene rings is 1. The van der Waals surface area contributed by atoms with Crippen molar-refractivity contribution in [1.82, 2.24) is 4.72 Å². The maximum atomic E-state index is 10.5. The van der Waals surface area contributed by atoms with E-state index < -0.39 is 11.0 Å². The van der Waals surface area contributed by atoms with Crippen LogP contribution in [0.2, 0.25) is 0 Å². The van der Waals surface area contributed by atoms with Crippen molar-refractivity contribution in [3.63, 3.8) is 0 Å². The predicted octanol–water partition coefficient (Wildman–Crippen LogP) is 1.69. The molecule has 0 radical (unpaired) electrons. The van der Waals surface area contributed by atoms with Gasteiger partial charge in [-0.3, -0.25) is 14.8 Å². The molecule has 8 heteroatoms. The van der Waals surface area contributed by atoms with E-state index in [4.69, 9.17) is 5.73 Å². The van der Waals surface area contributed by atoms with Crippen LogP contribution in [0.3, 0.4) is 0 Å². The van der Waals surface area contributed by atoms with Crippen molar-refractivity contribution in [2.24, 2.45) is 5.73 Å². The van der Waals surface area contributed by atoms with Crippen molar-refractivity contribution in [1.29, 1.82) is 0 Å². The van der Waals surface area contributed by atoms with Gasteiger partial charge in [0.1, 0.15) is 4.90 Å². The van der Waals surface area contributed by atoms with E-state index >= 15 is 0 Å². The van der Waals surface area contributed by atoms with Gasteiger partial charge in [-0.2, -0.15) is 0 Å². The summed E-state index contributed by atoms with van der Waals surface area (Å²) in [5, 5.41) is 10.5. The number of nitrogens with one attached hydrogen (secondary N) is 1. The molecular weight excluding hydrogens is 242 g/mol. The van der Waals surface area contributed by atoms with Crippen LogP contribution in [0.15, 0.2) is 29.2 Å². The number of hydrogen-bond acceptors (Lipinski definition) is 4. The van der Waals surface area contributed by atoms with Gasteiger partial charge in [-0.1, -0.05) is 12.1 Å². The average Bonchev–Trinajstić information content (AvgIpc) is 2.15. The van der Waals surface area contributed by atoms with E-state index in [9.17, 15) is 14.9 Å². The van der Waals surface area contributed by atoms with Crippen LogP contribution < -0.4 is 10.5 Å². The second-order valence-corrected chi connectivity index (χ2v) is 3.14. The molecule has 3 N–H and O–H groups in total. The molecule has 1 rings (SSSR count). The molecule has 0 heterocycles. The zero-order chi connectivity index (χ0) is 10.6. The van der Waals surface area contributed by atoms with Crippen LogP contribution in [0.25, 0.3) is 0 Å². The number of halogens is 1. The number of nitro benzene ring substituents is 1. The number of primary amides is 1. The molecule has 2 amide bonds. The molecule has 1 aromatic rings. The van der Waals surface area contributed by atoms with Crippen LogP contribution in [0.4, 0.5) is 10.5 Å². The molecule has 0 aliphatic heterocycles. The number of carbonyl (C=O) groups is 1. The Bertz CT molecular complexity index is 374. The second-order valence-electron chi connectivity index (χ2n) is 2.29. The number of nitro groups is 1. The van der Waals surface area contributed by atoms with Crippen molar-refractivity contribution in [2.75, 3.05) is 0 Å². The fourth-order valence-electron chi connectivity index (χ4n) is 0.800. The van der Waals surface area contributed by atoms with Crippen LogP contribution in [0.1, 0.15) is 0 Å². The molecule has 0 spiro atoms. The van der Waals surface area contributed by atoms with E-state index in [1.54, 1.807) is 12.1 Å². The van der Waals surface area contributed by atoms with E-state index in [0.717, 1.165) is 11.9 Å². The van der Waals surface area contributed by atoms with Crippen LogP contribution in [-0.2, 0) is 0 Å². The first kappa shape index (κ1) is 13.5. The summed E-state index contributed by atoms with van der Waals surface area (Å²) in [6.07, 6.45) is 0. The first-order valence-corrected chi connectivity index (χ1v) is 4.38. The number of rotatable bonds is 3. The second kappa shape index (κ2) is 6.10. The molecule has 0 aliphatic carbocycles. The Kier molecular flexibility index (Phi) is 5.50. The third kappa shape index (κ3) is 4.05. The summed E-state index contributed by atoms with van der Waals surface area (Å²) >= 11 is 0.817. The fraction of sp³-hybridized carbons (Fsp3) is 0. The number of amides is 2. The van der Waals surface area contributed by atoms with Gasteiger partial charge in [0.25, 0.3) is 5.69 Å². The lowest BCUT2D eigenvalue weighted by Gasteiger charge is -2.01. The summed E-state index contributed by atoms with van der Waals surface area (Å²) in [5.41, 5.74) is 4.76. The lowest BCUT2D eigenvalue weighted by atomic mass is 10.3. The van der Waals surface area contributed by atoms with Crippen LogP contribution >= 0.6 is 24.4 Å². The van der Waals surface area contributed by atoms with Gasteiger partial charge in [0.05, 0.1) is 4.92 Å². The van der Waals surface area contributed by atoms with Crippen molar-refractivity contribution in [3.05, 3.63) is 34.4 Å². The number of para-hydroxylation sites is 1. The van der Waals surface area contributed by atoms with Gasteiger partial charge in [-0.15, -0.1) is 12.4 Å². The Morgan fingerprint density at radius 2 is 2.07 bits per heavy atom. The quantitative estimate of drug-likeness (QED) is 0.484. The summed E-state index contributed by atoms with van der Waals surface area (Å²) in [6, 6.07) is 5.32. The SMILES string of the molecule is Cl.NC(=O)NSc1ccccc1[N+](=O)[O-]. The molecule has 0 atom stereocenters. The minimum Gasteiger partial charge on any atom is -0.351 e. The highest BCUT2D eigenvalue weighted by atomic mass is 35.5. The lowest BCUT2D eigenvalue weighted by Crippen LogP contribution is -2.22. The van der Waals surface area contributed by atoms with Crippen molar-refractivity contribution in [2.45, 2.75) is 4.90 Å². The normalized spacial score (nSPS) is 8.80. The van der Waals surface area contributed by atoms with Gasteiger partial charge in [0, 0.05) is 6.07 Å². The first-order valence-electron chi connectivity index (χ1n) is 3.57. The number of nitrogens with zero attached hydrogens (tertiary/aromatic N) is 1. The topological polar surface area (TPSA) is 98.3 Å². The Hall–Kier alpha value is -1.47. The van der Waals surface area contributed by atoms with E-state index in [2.05, 4.69) is 4.72 Å². The molecule has 1 aromatic carbocycles. The zero-order valence-electron chi connectivity index (χ0n) is 7.38. The smallest absolute Gasteiger partial charge is 0.322 e. The van der Waals surface area contributed by atoms with Crippen molar-refractivity contribution in [3.8, 4) is 0 Å². The van der Waals surface area contributed by atoms with E-state index in [-0.39, 0.29) is 18.1 Å². The Balaban J connectivity index is 0.00000196. The minimum atomic E-state index is -0.742. The summed E-state index contributed by atoms with van der Waals surface area (Å²) in [4.78, 5) is 20.7. The largest absolute Gasteiger partial charge is 0.351 e. The predicted molar refractivity (Wildman–Crippen MR) is 58.9 cm³/mol. The Morgan fingerprint density at radius 1 is 1.47 bits per heavy atom. The van der Waals surface area contributed by atoms with Crippen LogP contribution in [0, 0.1) is 10.1 Å². The van der Waals surface area contributed by atoms with Gasteiger partial charge >= 0.3 is 6.03 Å². The number of urea groups is 1. The van der Waals surface area contributed by atoms with Crippen LogP contribution in [-0.4, -0.2) is 11.0 Å². The highest BCUT2D eigenvalue weighted by molar-refractivity contribution is 7.98. The van der Waals surface area contributed by atoms with Gasteiger partial charge in [-0.05, 0) is 18.0 Å². The number of hydrogen-bond donors (Lipinski definition) is 2. The minimum absolute atomic E-state index is 0. The van der Waals surface area contributed by atoms with Gasteiger partial charge < -0.3 is 5.73 Å². The molecule has 0 bridgehead atoms. The number of nitrogens with two attached hydrogens (primary N) is 1.